The average molecular weight is 354 g/mol. The number of methoxy groups -OCH3 is 2. The summed E-state index contributed by atoms with van der Waals surface area (Å²) in [4.78, 5) is 12.6. The molecule has 0 amide bonds. The van der Waals surface area contributed by atoms with Crippen LogP contribution < -0.4 is 5.32 Å². The van der Waals surface area contributed by atoms with E-state index in [0.29, 0.717) is 29.2 Å². The van der Waals surface area contributed by atoms with Gasteiger partial charge < -0.3 is 14.8 Å². The minimum atomic E-state index is -0.465. The number of nitrogens with one attached hydrogen (secondary N) is 1. The predicted octanol–water partition coefficient (Wildman–Crippen LogP) is 3.58. The second-order valence-electron chi connectivity index (χ2n) is 6.89. The lowest BCUT2D eigenvalue weighted by atomic mass is 9.79. The number of dihydropyridines is 1. The standard InChI is InChI=1S/C21H26N2O3/c1-13(2)10-17-16(11-22)19(15-8-6-14(3)7-9-15)20(21(24)26-5)18(23-17)12-25-4/h6-9,13,19,23H,10,12H2,1-5H3. The van der Waals surface area contributed by atoms with Crippen molar-refractivity contribution in [2.45, 2.75) is 33.1 Å². The van der Waals surface area contributed by atoms with Crippen molar-refractivity contribution in [1.82, 2.24) is 5.32 Å². The summed E-state index contributed by atoms with van der Waals surface area (Å²) in [7, 11) is 2.93. The molecular formula is C21H26N2O3. The highest BCUT2D eigenvalue weighted by Gasteiger charge is 2.36. The number of hydrogen-bond acceptors (Lipinski definition) is 5. The summed E-state index contributed by atoms with van der Waals surface area (Å²) in [5.74, 6) is -0.553. The molecule has 2 rings (SSSR count). The average Bonchev–Trinajstić information content (AvgIpc) is 2.61. The molecule has 1 heterocycles. The van der Waals surface area contributed by atoms with Crippen LogP contribution in [-0.4, -0.2) is 26.8 Å². The molecule has 1 unspecified atom stereocenters. The number of carbonyl (C=O) groups is 1. The Morgan fingerprint density at radius 1 is 1.23 bits per heavy atom. The van der Waals surface area contributed by atoms with Gasteiger partial charge in [0.1, 0.15) is 0 Å². The van der Waals surface area contributed by atoms with Crippen LogP contribution in [0.2, 0.25) is 0 Å². The van der Waals surface area contributed by atoms with Crippen LogP contribution in [0.5, 0.6) is 0 Å². The first-order valence-corrected chi connectivity index (χ1v) is 8.69. The quantitative estimate of drug-likeness (QED) is 0.791. The summed E-state index contributed by atoms with van der Waals surface area (Å²) in [5, 5.41) is 13.2. The fraction of sp³-hybridized carbons (Fsp3) is 0.429. The molecule has 5 heteroatoms. The third-order valence-corrected chi connectivity index (χ3v) is 4.37. The second kappa shape index (κ2) is 8.68. The highest BCUT2D eigenvalue weighted by Crippen LogP contribution is 2.39. The molecular weight excluding hydrogens is 328 g/mol. The molecule has 1 aromatic carbocycles. The van der Waals surface area contributed by atoms with E-state index < -0.39 is 11.9 Å². The first kappa shape index (κ1) is 19.7. The zero-order chi connectivity index (χ0) is 19.3. The summed E-state index contributed by atoms with van der Waals surface area (Å²) < 4.78 is 10.3. The van der Waals surface area contributed by atoms with E-state index in [1.807, 2.05) is 31.2 Å². The van der Waals surface area contributed by atoms with Crippen molar-refractivity contribution in [2.75, 3.05) is 20.8 Å². The van der Waals surface area contributed by atoms with Crippen molar-refractivity contribution < 1.29 is 14.3 Å². The Hall–Kier alpha value is -2.58. The maximum atomic E-state index is 12.6. The highest BCUT2D eigenvalue weighted by atomic mass is 16.5. The number of carbonyl (C=O) groups excluding carboxylic acids is 1. The number of rotatable bonds is 6. The number of aryl methyl sites for hydroxylation is 1. The smallest absolute Gasteiger partial charge is 0.336 e. The van der Waals surface area contributed by atoms with Gasteiger partial charge in [-0.2, -0.15) is 5.26 Å². The molecule has 0 bridgehead atoms. The molecule has 26 heavy (non-hydrogen) atoms. The van der Waals surface area contributed by atoms with E-state index in [4.69, 9.17) is 9.47 Å². The number of nitrogens with zero attached hydrogens (tertiary/aromatic N) is 1. The van der Waals surface area contributed by atoms with Crippen molar-refractivity contribution in [1.29, 1.82) is 5.26 Å². The largest absolute Gasteiger partial charge is 0.466 e. The fourth-order valence-corrected chi connectivity index (χ4v) is 3.21. The molecule has 0 saturated carbocycles. The molecule has 5 nitrogen and oxygen atoms in total. The van der Waals surface area contributed by atoms with Crippen LogP contribution in [0.25, 0.3) is 0 Å². The third-order valence-electron chi connectivity index (χ3n) is 4.37. The van der Waals surface area contributed by atoms with Gasteiger partial charge >= 0.3 is 5.97 Å². The zero-order valence-corrected chi connectivity index (χ0v) is 16.1. The van der Waals surface area contributed by atoms with Crippen molar-refractivity contribution in [2.24, 2.45) is 5.92 Å². The van der Waals surface area contributed by atoms with Gasteiger partial charge in [-0.25, -0.2) is 4.79 Å². The van der Waals surface area contributed by atoms with Crippen molar-refractivity contribution >= 4 is 5.97 Å². The Kier molecular flexibility index (Phi) is 6.59. The normalized spacial score (nSPS) is 17.2. The lowest BCUT2D eigenvalue weighted by Gasteiger charge is -2.31. The Bertz CT molecular complexity index is 767. The number of benzene rings is 1. The number of ether oxygens (including phenoxy) is 2. The molecule has 138 valence electrons. The van der Waals surface area contributed by atoms with Gasteiger partial charge in [-0.05, 0) is 24.8 Å². The molecule has 0 fully saturated rings. The summed E-state index contributed by atoms with van der Waals surface area (Å²) in [6.45, 7) is 6.44. The Morgan fingerprint density at radius 3 is 2.38 bits per heavy atom. The van der Waals surface area contributed by atoms with E-state index in [1.54, 1.807) is 7.11 Å². The maximum Gasteiger partial charge on any atom is 0.336 e. The van der Waals surface area contributed by atoms with Crippen molar-refractivity contribution in [3.05, 3.63) is 57.9 Å². The van der Waals surface area contributed by atoms with Crippen LogP contribution in [0.1, 0.15) is 37.3 Å². The Balaban J connectivity index is 2.69. The summed E-state index contributed by atoms with van der Waals surface area (Å²) in [6.07, 6.45) is 0.715. The minimum Gasteiger partial charge on any atom is -0.466 e. The van der Waals surface area contributed by atoms with E-state index in [1.165, 1.54) is 7.11 Å². The number of allylic oxidation sites excluding steroid dienone is 2. The van der Waals surface area contributed by atoms with E-state index >= 15 is 0 Å². The van der Waals surface area contributed by atoms with Crippen LogP contribution in [0.15, 0.2) is 46.8 Å². The Labute approximate surface area is 155 Å². The maximum absolute atomic E-state index is 12.6. The molecule has 1 atom stereocenters. The van der Waals surface area contributed by atoms with Gasteiger partial charge in [0.15, 0.2) is 0 Å². The van der Waals surface area contributed by atoms with Crippen LogP contribution in [0.4, 0.5) is 0 Å². The molecule has 0 aromatic heterocycles. The molecule has 1 aliphatic heterocycles. The van der Waals surface area contributed by atoms with Crippen molar-refractivity contribution in [3.8, 4) is 6.07 Å². The molecule has 0 spiro atoms. The van der Waals surface area contributed by atoms with Crippen LogP contribution in [0, 0.1) is 24.2 Å². The first-order chi connectivity index (χ1) is 12.4. The third kappa shape index (κ3) is 4.14. The van der Waals surface area contributed by atoms with E-state index in [2.05, 4.69) is 25.2 Å². The van der Waals surface area contributed by atoms with E-state index in [-0.39, 0.29) is 6.61 Å². The first-order valence-electron chi connectivity index (χ1n) is 8.69. The predicted molar refractivity (Wildman–Crippen MR) is 100 cm³/mol. The molecule has 0 aliphatic carbocycles. The lowest BCUT2D eigenvalue weighted by Crippen LogP contribution is -2.32. The van der Waals surface area contributed by atoms with E-state index in [9.17, 15) is 10.1 Å². The fourth-order valence-electron chi connectivity index (χ4n) is 3.21. The molecule has 1 N–H and O–H groups in total. The topological polar surface area (TPSA) is 71.3 Å². The highest BCUT2D eigenvalue weighted by molar-refractivity contribution is 5.93. The summed E-state index contributed by atoms with van der Waals surface area (Å²) >= 11 is 0. The number of nitriles is 1. The SMILES string of the molecule is COCC1=C(C(=O)OC)C(c2ccc(C)cc2)C(C#N)=C(CC(C)C)N1. The van der Waals surface area contributed by atoms with Crippen LogP contribution in [0.3, 0.4) is 0 Å². The van der Waals surface area contributed by atoms with Crippen LogP contribution >= 0.6 is 0 Å². The van der Waals surface area contributed by atoms with Crippen molar-refractivity contribution in [3.63, 3.8) is 0 Å². The van der Waals surface area contributed by atoms with E-state index in [0.717, 1.165) is 16.8 Å². The molecule has 0 radical (unpaired) electrons. The zero-order valence-electron chi connectivity index (χ0n) is 16.1. The van der Waals surface area contributed by atoms with Gasteiger partial charge in [0.2, 0.25) is 0 Å². The van der Waals surface area contributed by atoms with Gasteiger partial charge in [0.05, 0.1) is 42.5 Å². The molecule has 0 saturated heterocycles. The number of hydrogen-bond donors (Lipinski definition) is 1. The summed E-state index contributed by atoms with van der Waals surface area (Å²) in [5.41, 5.74) is 4.50. The Morgan fingerprint density at radius 2 is 1.88 bits per heavy atom. The summed E-state index contributed by atoms with van der Waals surface area (Å²) in [6, 6.07) is 10.2. The number of esters is 1. The lowest BCUT2D eigenvalue weighted by molar-refractivity contribution is -0.136. The molecule has 1 aliphatic rings. The second-order valence-corrected chi connectivity index (χ2v) is 6.89. The van der Waals surface area contributed by atoms with Gasteiger partial charge in [-0.15, -0.1) is 0 Å². The van der Waals surface area contributed by atoms with Gasteiger partial charge in [0.25, 0.3) is 0 Å². The van der Waals surface area contributed by atoms with Gasteiger partial charge in [-0.1, -0.05) is 43.7 Å². The molecule has 1 aromatic rings. The van der Waals surface area contributed by atoms with Gasteiger partial charge in [-0.3, -0.25) is 0 Å². The minimum absolute atomic E-state index is 0.243. The monoisotopic (exact) mass is 354 g/mol. The van der Waals surface area contributed by atoms with Gasteiger partial charge in [0, 0.05) is 12.8 Å². The van der Waals surface area contributed by atoms with Crippen LogP contribution in [-0.2, 0) is 14.3 Å².